The molecule has 0 bridgehead atoms. The van der Waals surface area contributed by atoms with E-state index in [4.69, 9.17) is 5.73 Å². The quantitative estimate of drug-likeness (QED) is 0.581. The number of anilines is 3. The number of hydrogen-bond donors (Lipinski definition) is 2. The van der Waals surface area contributed by atoms with Gasteiger partial charge in [-0.2, -0.15) is 15.0 Å². The Balaban J connectivity index is 1.66. The SMILES string of the molecule is Nc1nc(Cn2cnc3ccccc3c2=O)nc(Nc2ccccc2)n1. The Morgan fingerprint density at radius 2 is 1.73 bits per heavy atom. The van der Waals surface area contributed by atoms with Crippen LogP contribution in [0, 0.1) is 0 Å². The highest BCUT2D eigenvalue weighted by Gasteiger charge is 2.09. The van der Waals surface area contributed by atoms with Crippen LogP contribution in [0.5, 0.6) is 0 Å². The largest absolute Gasteiger partial charge is 0.368 e. The Hall–Kier alpha value is -3.81. The van der Waals surface area contributed by atoms with Crippen molar-refractivity contribution in [1.82, 2.24) is 24.5 Å². The molecule has 3 N–H and O–H groups in total. The summed E-state index contributed by atoms with van der Waals surface area (Å²) in [5.41, 5.74) is 7.11. The number of nitrogens with two attached hydrogens (primary N) is 1. The third-order valence-electron chi connectivity index (χ3n) is 3.77. The average Bonchev–Trinajstić information content (AvgIpc) is 2.65. The van der Waals surface area contributed by atoms with E-state index in [0.717, 1.165) is 5.69 Å². The molecule has 0 fully saturated rings. The zero-order chi connectivity index (χ0) is 17.9. The lowest BCUT2D eigenvalue weighted by Gasteiger charge is -2.09. The maximum Gasteiger partial charge on any atom is 0.261 e. The molecule has 0 saturated heterocycles. The van der Waals surface area contributed by atoms with Crippen molar-refractivity contribution >= 4 is 28.5 Å². The predicted molar refractivity (Wildman–Crippen MR) is 99.1 cm³/mol. The number of nitrogens with zero attached hydrogens (tertiary/aromatic N) is 5. The van der Waals surface area contributed by atoms with Crippen LogP contribution in [-0.4, -0.2) is 24.5 Å². The molecule has 4 aromatic rings. The van der Waals surface area contributed by atoms with Crippen molar-refractivity contribution in [2.45, 2.75) is 6.54 Å². The second-order valence-electron chi connectivity index (χ2n) is 5.62. The molecule has 2 aromatic carbocycles. The van der Waals surface area contributed by atoms with Crippen LogP contribution in [0.4, 0.5) is 17.6 Å². The number of benzene rings is 2. The average molecular weight is 345 g/mol. The van der Waals surface area contributed by atoms with Gasteiger partial charge in [-0.25, -0.2) is 4.98 Å². The van der Waals surface area contributed by atoms with E-state index in [2.05, 4.69) is 25.3 Å². The summed E-state index contributed by atoms with van der Waals surface area (Å²) in [5, 5.41) is 3.61. The standard InChI is InChI=1S/C18H15N7O/c19-17-22-15(23-18(24-17)21-12-6-2-1-3-7-12)10-25-11-20-14-9-5-4-8-13(14)16(25)26/h1-9,11H,10H2,(H3,19,21,22,23,24). The van der Waals surface area contributed by atoms with Crippen molar-refractivity contribution in [1.29, 1.82) is 0 Å². The molecule has 8 nitrogen and oxygen atoms in total. The summed E-state index contributed by atoms with van der Waals surface area (Å²) in [4.78, 5) is 29.4. The van der Waals surface area contributed by atoms with Gasteiger partial charge in [-0.05, 0) is 24.3 Å². The molecule has 0 aliphatic heterocycles. The van der Waals surface area contributed by atoms with Gasteiger partial charge in [0, 0.05) is 5.69 Å². The molecule has 26 heavy (non-hydrogen) atoms. The molecule has 0 amide bonds. The fourth-order valence-electron chi connectivity index (χ4n) is 2.59. The van der Waals surface area contributed by atoms with Crippen LogP contribution < -0.4 is 16.6 Å². The molecule has 0 spiro atoms. The predicted octanol–water partition coefficient (Wildman–Crippen LogP) is 1.96. The Morgan fingerprint density at radius 3 is 2.58 bits per heavy atom. The molecule has 0 radical (unpaired) electrons. The van der Waals surface area contributed by atoms with E-state index >= 15 is 0 Å². The van der Waals surface area contributed by atoms with Crippen LogP contribution in [-0.2, 0) is 6.54 Å². The van der Waals surface area contributed by atoms with Gasteiger partial charge in [-0.3, -0.25) is 9.36 Å². The Morgan fingerprint density at radius 1 is 0.962 bits per heavy atom. The lowest BCUT2D eigenvalue weighted by molar-refractivity contribution is 0.704. The lowest BCUT2D eigenvalue weighted by atomic mass is 10.2. The number of hydrogen-bond acceptors (Lipinski definition) is 7. The first-order chi connectivity index (χ1) is 12.7. The monoisotopic (exact) mass is 345 g/mol. The first kappa shape index (κ1) is 15.7. The fraction of sp³-hybridized carbons (Fsp3) is 0.0556. The van der Waals surface area contributed by atoms with Gasteiger partial charge in [0.05, 0.1) is 23.8 Å². The van der Waals surface area contributed by atoms with Crippen LogP contribution in [0.2, 0.25) is 0 Å². The molecular formula is C18H15N7O. The minimum Gasteiger partial charge on any atom is -0.368 e. The number of nitrogen functional groups attached to an aromatic ring is 1. The summed E-state index contributed by atoms with van der Waals surface area (Å²) in [7, 11) is 0. The number of aromatic nitrogens is 5. The van der Waals surface area contributed by atoms with Crippen LogP contribution in [0.15, 0.2) is 65.7 Å². The third kappa shape index (κ3) is 3.20. The van der Waals surface area contributed by atoms with Gasteiger partial charge in [0.1, 0.15) is 0 Å². The smallest absolute Gasteiger partial charge is 0.261 e. The molecule has 2 aromatic heterocycles. The van der Waals surface area contributed by atoms with Crippen molar-refractivity contribution in [3.63, 3.8) is 0 Å². The maximum absolute atomic E-state index is 12.6. The van der Waals surface area contributed by atoms with E-state index in [9.17, 15) is 4.79 Å². The first-order valence-electron chi connectivity index (χ1n) is 7.96. The number of nitrogens with one attached hydrogen (secondary N) is 1. The molecule has 0 aliphatic carbocycles. The van der Waals surface area contributed by atoms with Gasteiger partial charge in [0.15, 0.2) is 5.82 Å². The van der Waals surface area contributed by atoms with Gasteiger partial charge >= 0.3 is 0 Å². The normalized spacial score (nSPS) is 10.8. The van der Waals surface area contributed by atoms with Crippen LogP contribution >= 0.6 is 0 Å². The van der Waals surface area contributed by atoms with Crippen molar-refractivity contribution in [3.05, 3.63) is 77.1 Å². The van der Waals surface area contributed by atoms with E-state index in [1.807, 2.05) is 36.4 Å². The van der Waals surface area contributed by atoms with E-state index in [-0.39, 0.29) is 18.1 Å². The minimum absolute atomic E-state index is 0.0789. The molecule has 0 atom stereocenters. The van der Waals surface area contributed by atoms with Crippen molar-refractivity contribution in [2.75, 3.05) is 11.1 Å². The molecule has 0 unspecified atom stereocenters. The van der Waals surface area contributed by atoms with Crippen molar-refractivity contribution in [3.8, 4) is 0 Å². The van der Waals surface area contributed by atoms with Crippen LogP contribution in [0.3, 0.4) is 0 Å². The number of fused-ring (bicyclic) bond motifs is 1. The zero-order valence-corrected chi connectivity index (χ0v) is 13.7. The van der Waals surface area contributed by atoms with Crippen LogP contribution in [0.25, 0.3) is 10.9 Å². The summed E-state index contributed by atoms with van der Waals surface area (Å²) in [6.45, 7) is 0.146. The second kappa shape index (κ2) is 6.60. The Bertz CT molecular complexity index is 1130. The molecular weight excluding hydrogens is 330 g/mol. The molecule has 0 aliphatic rings. The van der Waals surface area contributed by atoms with Crippen molar-refractivity contribution in [2.24, 2.45) is 0 Å². The fourth-order valence-corrected chi connectivity index (χ4v) is 2.59. The highest BCUT2D eigenvalue weighted by molar-refractivity contribution is 5.76. The summed E-state index contributed by atoms with van der Waals surface area (Å²) in [6.07, 6.45) is 1.48. The van der Waals surface area contributed by atoms with Crippen molar-refractivity contribution < 1.29 is 0 Å². The summed E-state index contributed by atoms with van der Waals surface area (Å²) in [5.74, 6) is 0.769. The molecule has 128 valence electrons. The topological polar surface area (TPSA) is 112 Å². The highest BCUT2D eigenvalue weighted by atomic mass is 16.1. The summed E-state index contributed by atoms with van der Waals surface area (Å²) < 4.78 is 1.45. The van der Waals surface area contributed by atoms with Gasteiger partial charge < -0.3 is 11.1 Å². The highest BCUT2D eigenvalue weighted by Crippen LogP contribution is 2.13. The lowest BCUT2D eigenvalue weighted by Crippen LogP contribution is -2.22. The minimum atomic E-state index is -0.160. The van der Waals surface area contributed by atoms with E-state index in [1.54, 1.807) is 18.2 Å². The maximum atomic E-state index is 12.6. The Labute approximate surface area is 148 Å². The summed E-state index contributed by atoms with van der Waals surface area (Å²) in [6, 6.07) is 16.7. The molecule has 0 saturated carbocycles. The molecule has 8 heteroatoms. The second-order valence-corrected chi connectivity index (χ2v) is 5.62. The van der Waals surface area contributed by atoms with Gasteiger partial charge in [-0.15, -0.1) is 0 Å². The first-order valence-corrected chi connectivity index (χ1v) is 7.96. The van der Waals surface area contributed by atoms with Gasteiger partial charge in [0.25, 0.3) is 5.56 Å². The number of rotatable bonds is 4. The zero-order valence-electron chi connectivity index (χ0n) is 13.7. The van der Waals surface area contributed by atoms with E-state index in [1.165, 1.54) is 10.9 Å². The number of para-hydroxylation sites is 2. The Kier molecular flexibility index (Phi) is 3.98. The van der Waals surface area contributed by atoms with Gasteiger partial charge in [-0.1, -0.05) is 30.3 Å². The van der Waals surface area contributed by atoms with Gasteiger partial charge in [0.2, 0.25) is 11.9 Å². The molecule has 2 heterocycles. The van der Waals surface area contributed by atoms with Crippen LogP contribution in [0.1, 0.15) is 5.82 Å². The third-order valence-corrected chi connectivity index (χ3v) is 3.77. The van der Waals surface area contributed by atoms with E-state index in [0.29, 0.717) is 22.7 Å². The summed E-state index contributed by atoms with van der Waals surface area (Å²) >= 11 is 0. The molecule has 4 rings (SSSR count). The van der Waals surface area contributed by atoms with E-state index < -0.39 is 0 Å².